The van der Waals surface area contributed by atoms with E-state index in [1.54, 1.807) is 6.07 Å². The van der Waals surface area contributed by atoms with Crippen molar-refractivity contribution in [3.8, 4) is 17.0 Å². The van der Waals surface area contributed by atoms with Gasteiger partial charge in [0.05, 0.1) is 17.8 Å². The first-order chi connectivity index (χ1) is 13.2. The summed E-state index contributed by atoms with van der Waals surface area (Å²) in [6, 6.07) is 16.1. The van der Waals surface area contributed by atoms with E-state index in [0.717, 1.165) is 52.7 Å². The molecule has 1 aromatic heterocycles. The lowest BCUT2D eigenvalue weighted by molar-refractivity contribution is 0.282. The van der Waals surface area contributed by atoms with Crippen LogP contribution < -0.4 is 5.32 Å². The van der Waals surface area contributed by atoms with E-state index >= 15 is 0 Å². The van der Waals surface area contributed by atoms with E-state index in [2.05, 4.69) is 11.4 Å². The lowest BCUT2D eigenvalue weighted by Gasteiger charge is -2.23. The first kappa shape index (κ1) is 18.0. The van der Waals surface area contributed by atoms with Crippen molar-refractivity contribution >= 4 is 10.9 Å². The van der Waals surface area contributed by atoms with E-state index in [0.29, 0.717) is 6.04 Å². The average Bonchev–Trinajstić information content (AvgIpc) is 2.71. The van der Waals surface area contributed by atoms with Gasteiger partial charge >= 0.3 is 0 Å². The molecule has 140 valence electrons. The number of benzene rings is 2. The fourth-order valence-corrected chi connectivity index (χ4v) is 4.00. The molecule has 2 aromatic carbocycles. The third-order valence-electron chi connectivity index (χ3n) is 5.42. The summed E-state index contributed by atoms with van der Waals surface area (Å²) in [6.07, 6.45) is 5.78. The Labute approximate surface area is 159 Å². The van der Waals surface area contributed by atoms with Gasteiger partial charge in [0.25, 0.3) is 0 Å². The van der Waals surface area contributed by atoms with Gasteiger partial charge in [-0.1, -0.05) is 24.6 Å². The summed E-state index contributed by atoms with van der Waals surface area (Å²) in [5.74, 6) is 0.248. The number of para-hydroxylation sites is 1. The zero-order valence-corrected chi connectivity index (χ0v) is 15.5. The molecule has 0 saturated carbocycles. The Morgan fingerprint density at radius 1 is 1.07 bits per heavy atom. The van der Waals surface area contributed by atoms with Gasteiger partial charge in [-0.25, -0.2) is 4.98 Å². The zero-order valence-electron chi connectivity index (χ0n) is 15.5. The Morgan fingerprint density at radius 3 is 2.78 bits per heavy atom. The number of pyridine rings is 1. The monoisotopic (exact) mass is 362 g/mol. The van der Waals surface area contributed by atoms with Gasteiger partial charge < -0.3 is 15.5 Å². The van der Waals surface area contributed by atoms with Crippen molar-refractivity contribution in [1.82, 2.24) is 10.3 Å². The standard InChI is InChI=1S/C23H26N2O2/c26-15-19-13-17-5-1-2-7-22(17)25-23(19)18-11-16(12-21(27)14-18)8-9-20-6-3-4-10-24-20/h1-2,5,7,11-14,20,24,26-27H,3-4,6,8-10,15H2/t20-/m1/s1. The van der Waals surface area contributed by atoms with E-state index in [-0.39, 0.29) is 12.4 Å². The first-order valence-electron chi connectivity index (χ1n) is 9.79. The average molecular weight is 362 g/mol. The van der Waals surface area contributed by atoms with Gasteiger partial charge in [-0.3, -0.25) is 0 Å². The van der Waals surface area contributed by atoms with E-state index in [9.17, 15) is 10.2 Å². The molecule has 4 nitrogen and oxygen atoms in total. The number of aromatic nitrogens is 1. The molecule has 1 aliphatic rings. The summed E-state index contributed by atoms with van der Waals surface area (Å²) in [6.45, 7) is 1.03. The molecule has 4 rings (SSSR count). The highest BCUT2D eigenvalue weighted by atomic mass is 16.3. The van der Waals surface area contributed by atoms with Crippen LogP contribution in [0.25, 0.3) is 22.2 Å². The predicted octanol–water partition coefficient (Wildman–Crippen LogP) is 4.17. The van der Waals surface area contributed by atoms with Gasteiger partial charge in [-0.2, -0.15) is 0 Å². The van der Waals surface area contributed by atoms with Crippen LogP contribution in [-0.2, 0) is 13.0 Å². The number of hydrogen-bond donors (Lipinski definition) is 3. The van der Waals surface area contributed by atoms with Crippen LogP contribution >= 0.6 is 0 Å². The normalized spacial score (nSPS) is 17.3. The molecule has 0 radical (unpaired) electrons. The molecule has 4 heteroatoms. The number of aliphatic hydroxyl groups is 1. The maximum absolute atomic E-state index is 10.3. The fourth-order valence-electron chi connectivity index (χ4n) is 4.00. The Kier molecular flexibility index (Phi) is 5.37. The molecule has 1 aliphatic heterocycles. The summed E-state index contributed by atoms with van der Waals surface area (Å²) < 4.78 is 0. The Bertz CT molecular complexity index is 933. The molecule has 1 fully saturated rings. The number of fused-ring (bicyclic) bond motifs is 1. The number of nitrogens with zero attached hydrogens (tertiary/aromatic N) is 1. The van der Waals surface area contributed by atoms with Crippen LogP contribution in [0.5, 0.6) is 5.75 Å². The van der Waals surface area contributed by atoms with Gasteiger partial charge in [-0.15, -0.1) is 0 Å². The van der Waals surface area contributed by atoms with Gasteiger partial charge in [0.2, 0.25) is 0 Å². The zero-order chi connectivity index (χ0) is 18.6. The lowest BCUT2D eigenvalue weighted by atomic mass is 9.95. The second-order valence-electron chi connectivity index (χ2n) is 7.42. The predicted molar refractivity (Wildman–Crippen MR) is 109 cm³/mol. The van der Waals surface area contributed by atoms with Gasteiger partial charge in [0.1, 0.15) is 5.75 Å². The maximum Gasteiger partial charge on any atom is 0.116 e. The van der Waals surface area contributed by atoms with Crippen molar-refractivity contribution in [1.29, 1.82) is 0 Å². The van der Waals surface area contributed by atoms with Gasteiger partial charge in [-0.05, 0) is 68.1 Å². The molecule has 2 heterocycles. The van der Waals surface area contributed by atoms with Crippen LogP contribution in [-0.4, -0.2) is 27.8 Å². The number of phenols is 1. The van der Waals surface area contributed by atoms with Crippen molar-refractivity contribution in [3.63, 3.8) is 0 Å². The SMILES string of the molecule is OCc1cc2ccccc2nc1-c1cc(O)cc(CC[C@H]2CCCCN2)c1. The number of nitrogens with one attached hydrogen (secondary N) is 1. The maximum atomic E-state index is 10.3. The summed E-state index contributed by atoms with van der Waals surface area (Å²) >= 11 is 0. The van der Waals surface area contributed by atoms with E-state index in [4.69, 9.17) is 4.98 Å². The minimum atomic E-state index is -0.0792. The first-order valence-corrected chi connectivity index (χ1v) is 9.79. The van der Waals surface area contributed by atoms with Crippen molar-refractivity contribution in [2.24, 2.45) is 0 Å². The second-order valence-corrected chi connectivity index (χ2v) is 7.42. The number of aryl methyl sites for hydroxylation is 1. The highest BCUT2D eigenvalue weighted by molar-refractivity contribution is 5.83. The Hall–Kier alpha value is -2.43. The summed E-state index contributed by atoms with van der Waals surface area (Å²) in [5, 5.41) is 24.7. The summed E-state index contributed by atoms with van der Waals surface area (Å²) in [5.41, 5.74) is 4.37. The largest absolute Gasteiger partial charge is 0.508 e. The number of aliphatic hydroxyl groups excluding tert-OH is 1. The number of hydrogen-bond acceptors (Lipinski definition) is 4. The minimum Gasteiger partial charge on any atom is -0.508 e. The van der Waals surface area contributed by atoms with Crippen LogP contribution in [0.4, 0.5) is 0 Å². The molecule has 0 aliphatic carbocycles. The molecule has 0 amide bonds. The van der Waals surface area contributed by atoms with Crippen LogP contribution in [0.3, 0.4) is 0 Å². The number of rotatable bonds is 5. The second kappa shape index (κ2) is 8.07. The molecule has 3 aromatic rings. The van der Waals surface area contributed by atoms with Gasteiger partial charge in [0, 0.05) is 22.6 Å². The number of phenolic OH excluding ortho intramolecular Hbond substituents is 1. The molecule has 3 N–H and O–H groups in total. The van der Waals surface area contributed by atoms with E-state index in [1.807, 2.05) is 36.4 Å². The highest BCUT2D eigenvalue weighted by Crippen LogP contribution is 2.30. The molecule has 27 heavy (non-hydrogen) atoms. The molecular formula is C23H26N2O2. The summed E-state index contributed by atoms with van der Waals surface area (Å²) in [7, 11) is 0. The third-order valence-corrected chi connectivity index (χ3v) is 5.42. The quantitative estimate of drug-likeness (QED) is 0.637. The molecule has 0 unspecified atom stereocenters. The Morgan fingerprint density at radius 2 is 1.96 bits per heavy atom. The fraction of sp³-hybridized carbons (Fsp3) is 0.348. The molecule has 0 spiro atoms. The van der Waals surface area contributed by atoms with Crippen molar-refractivity contribution in [2.45, 2.75) is 44.8 Å². The lowest BCUT2D eigenvalue weighted by Crippen LogP contribution is -2.34. The van der Waals surface area contributed by atoms with E-state index < -0.39 is 0 Å². The Balaban J connectivity index is 1.65. The van der Waals surface area contributed by atoms with Crippen LogP contribution in [0.15, 0.2) is 48.5 Å². The molecular weight excluding hydrogens is 336 g/mol. The molecule has 0 bridgehead atoms. The van der Waals surface area contributed by atoms with E-state index in [1.165, 1.54) is 19.3 Å². The van der Waals surface area contributed by atoms with Crippen molar-refractivity contribution in [2.75, 3.05) is 6.54 Å². The smallest absolute Gasteiger partial charge is 0.116 e. The summed E-state index contributed by atoms with van der Waals surface area (Å²) in [4.78, 5) is 4.76. The number of aromatic hydroxyl groups is 1. The van der Waals surface area contributed by atoms with Crippen LogP contribution in [0.2, 0.25) is 0 Å². The topological polar surface area (TPSA) is 65.4 Å². The minimum absolute atomic E-state index is 0.0792. The van der Waals surface area contributed by atoms with Crippen molar-refractivity contribution in [3.05, 3.63) is 59.7 Å². The third kappa shape index (κ3) is 4.12. The number of piperidine rings is 1. The van der Waals surface area contributed by atoms with Gasteiger partial charge in [0.15, 0.2) is 0 Å². The van der Waals surface area contributed by atoms with Crippen LogP contribution in [0, 0.1) is 0 Å². The molecule has 1 saturated heterocycles. The highest BCUT2D eigenvalue weighted by Gasteiger charge is 2.14. The molecule has 1 atom stereocenters. The van der Waals surface area contributed by atoms with Crippen LogP contribution in [0.1, 0.15) is 36.8 Å². The van der Waals surface area contributed by atoms with Crippen molar-refractivity contribution < 1.29 is 10.2 Å².